The predicted molar refractivity (Wildman–Crippen MR) is 86.5 cm³/mol. The van der Waals surface area contributed by atoms with Crippen molar-refractivity contribution in [1.29, 1.82) is 0 Å². The smallest absolute Gasteiger partial charge is 0.150 e. The van der Waals surface area contributed by atoms with Crippen molar-refractivity contribution in [2.24, 2.45) is 0 Å². The molecule has 0 spiro atoms. The summed E-state index contributed by atoms with van der Waals surface area (Å²) in [4.78, 5) is 10.9. The molecule has 110 valence electrons. The molecular weight excluding hydrogens is 260 g/mol. The first-order valence-electron chi connectivity index (χ1n) is 7.38. The minimum atomic E-state index is 0.299. The molecule has 2 aromatic rings. The fourth-order valence-electron chi connectivity index (χ4n) is 2.25. The van der Waals surface area contributed by atoms with Crippen LogP contribution in [0.25, 0.3) is 0 Å². The predicted octanol–water partition coefficient (Wildman–Crippen LogP) is 5.54. The molecule has 0 aromatic heterocycles. The van der Waals surface area contributed by atoms with Crippen molar-refractivity contribution in [1.82, 2.24) is 0 Å². The molecule has 0 aliphatic carbocycles. The minimum Gasteiger partial charge on any atom is -0.457 e. The van der Waals surface area contributed by atoms with Gasteiger partial charge in [-0.2, -0.15) is 0 Å². The highest BCUT2D eigenvalue weighted by Crippen LogP contribution is 2.32. The van der Waals surface area contributed by atoms with E-state index in [4.69, 9.17) is 4.74 Å². The van der Waals surface area contributed by atoms with Crippen molar-refractivity contribution in [3.63, 3.8) is 0 Å². The molecule has 2 rings (SSSR count). The molecule has 0 saturated carbocycles. The molecule has 0 amide bonds. The number of ether oxygens (including phenoxy) is 1. The fourth-order valence-corrected chi connectivity index (χ4v) is 2.25. The van der Waals surface area contributed by atoms with Crippen LogP contribution in [0.3, 0.4) is 0 Å². The van der Waals surface area contributed by atoms with Crippen molar-refractivity contribution in [2.45, 2.75) is 39.5 Å². The van der Waals surface area contributed by atoms with Gasteiger partial charge in [0.1, 0.15) is 17.8 Å². The lowest BCUT2D eigenvalue weighted by Crippen LogP contribution is -1.96. The lowest BCUT2D eigenvalue weighted by molar-refractivity contribution is 0.112. The van der Waals surface area contributed by atoms with Crippen LogP contribution in [0.5, 0.6) is 11.5 Å². The van der Waals surface area contributed by atoms with Crippen LogP contribution >= 0.6 is 0 Å². The number of hydrogen-bond donors (Lipinski definition) is 0. The van der Waals surface area contributed by atoms with E-state index >= 15 is 0 Å². The third-order valence-electron chi connectivity index (χ3n) is 3.54. The van der Waals surface area contributed by atoms with Gasteiger partial charge in [-0.15, -0.1) is 0 Å². The second-order valence-corrected chi connectivity index (χ2v) is 5.90. The number of hydrogen-bond acceptors (Lipinski definition) is 2. The molecule has 0 bridgehead atoms. The highest BCUT2D eigenvalue weighted by molar-refractivity contribution is 5.75. The molecular formula is C19H22O2. The van der Waals surface area contributed by atoms with Gasteiger partial charge >= 0.3 is 0 Å². The van der Waals surface area contributed by atoms with Gasteiger partial charge in [-0.05, 0) is 53.3 Å². The molecule has 0 saturated heterocycles. The van der Waals surface area contributed by atoms with E-state index in [2.05, 4.69) is 39.8 Å². The molecule has 0 fully saturated rings. The topological polar surface area (TPSA) is 26.3 Å². The zero-order chi connectivity index (χ0) is 15.4. The maximum atomic E-state index is 10.9. The third kappa shape index (κ3) is 3.72. The first kappa shape index (κ1) is 15.3. The van der Waals surface area contributed by atoms with Gasteiger partial charge in [-0.25, -0.2) is 0 Å². The van der Waals surface area contributed by atoms with E-state index < -0.39 is 0 Å². The highest BCUT2D eigenvalue weighted by atomic mass is 16.5. The summed E-state index contributed by atoms with van der Waals surface area (Å²) in [5.41, 5.74) is 2.99. The molecule has 21 heavy (non-hydrogen) atoms. The van der Waals surface area contributed by atoms with Crippen molar-refractivity contribution in [2.75, 3.05) is 0 Å². The second kappa shape index (κ2) is 6.57. The first-order valence-corrected chi connectivity index (χ1v) is 7.38. The standard InChI is InChI=1S/C19H22O2/c1-13(2)16-6-5-7-17(11-16)21-19-9-8-15(12-20)10-18(19)14(3)4/h5-14H,1-4H3. The van der Waals surface area contributed by atoms with Crippen LogP contribution in [0.1, 0.15) is 61.0 Å². The van der Waals surface area contributed by atoms with Gasteiger partial charge in [0.2, 0.25) is 0 Å². The van der Waals surface area contributed by atoms with Crippen LogP contribution in [0.15, 0.2) is 42.5 Å². The van der Waals surface area contributed by atoms with Crippen molar-refractivity contribution in [3.8, 4) is 11.5 Å². The highest BCUT2D eigenvalue weighted by Gasteiger charge is 2.10. The average Bonchev–Trinajstić information content (AvgIpc) is 2.47. The van der Waals surface area contributed by atoms with E-state index in [1.54, 1.807) is 6.07 Å². The minimum absolute atomic E-state index is 0.299. The normalized spacial score (nSPS) is 11.0. The van der Waals surface area contributed by atoms with E-state index in [1.807, 2.05) is 24.3 Å². The Balaban J connectivity index is 2.34. The zero-order valence-electron chi connectivity index (χ0n) is 13.1. The van der Waals surface area contributed by atoms with E-state index in [-0.39, 0.29) is 0 Å². The van der Waals surface area contributed by atoms with Crippen molar-refractivity contribution >= 4 is 6.29 Å². The van der Waals surface area contributed by atoms with Crippen LogP contribution in [0.2, 0.25) is 0 Å². The van der Waals surface area contributed by atoms with E-state index in [9.17, 15) is 4.79 Å². The summed E-state index contributed by atoms with van der Waals surface area (Å²) in [6, 6.07) is 13.7. The maximum absolute atomic E-state index is 10.9. The van der Waals surface area contributed by atoms with Crippen LogP contribution in [0, 0.1) is 0 Å². The van der Waals surface area contributed by atoms with Gasteiger partial charge in [-0.3, -0.25) is 4.79 Å². The summed E-state index contributed by atoms with van der Waals surface area (Å²) in [6.45, 7) is 8.53. The lowest BCUT2D eigenvalue weighted by atomic mass is 10.00. The van der Waals surface area contributed by atoms with Gasteiger partial charge in [-0.1, -0.05) is 39.8 Å². The Morgan fingerprint density at radius 1 is 0.952 bits per heavy atom. The molecule has 0 radical (unpaired) electrons. The molecule has 0 heterocycles. The molecule has 0 aliphatic rings. The van der Waals surface area contributed by atoms with E-state index in [0.717, 1.165) is 23.3 Å². The summed E-state index contributed by atoms with van der Waals surface area (Å²) in [5.74, 6) is 2.42. The van der Waals surface area contributed by atoms with Crippen molar-refractivity contribution in [3.05, 3.63) is 59.2 Å². The van der Waals surface area contributed by atoms with Gasteiger partial charge in [0.15, 0.2) is 0 Å². The monoisotopic (exact) mass is 282 g/mol. The van der Waals surface area contributed by atoms with Crippen molar-refractivity contribution < 1.29 is 9.53 Å². The molecule has 2 aromatic carbocycles. The number of carbonyl (C=O) groups is 1. The average molecular weight is 282 g/mol. The van der Waals surface area contributed by atoms with Gasteiger partial charge in [0.25, 0.3) is 0 Å². The van der Waals surface area contributed by atoms with E-state index in [1.165, 1.54) is 5.56 Å². The largest absolute Gasteiger partial charge is 0.457 e. The Morgan fingerprint density at radius 3 is 2.33 bits per heavy atom. The molecule has 0 aliphatic heterocycles. The van der Waals surface area contributed by atoms with Crippen LogP contribution < -0.4 is 4.74 Å². The van der Waals surface area contributed by atoms with Crippen LogP contribution in [-0.4, -0.2) is 6.29 Å². The number of carbonyl (C=O) groups excluding carboxylic acids is 1. The van der Waals surface area contributed by atoms with Crippen LogP contribution in [-0.2, 0) is 0 Å². The maximum Gasteiger partial charge on any atom is 0.150 e. The summed E-state index contributed by atoms with van der Waals surface area (Å²) in [5, 5.41) is 0. The number of rotatable bonds is 5. The quantitative estimate of drug-likeness (QED) is 0.673. The summed E-state index contributed by atoms with van der Waals surface area (Å²) < 4.78 is 6.05. The Labute approximate surface area is 126 Å². The SMILES string of the molecule is CC(C)c1cccc(Oc2ccc(C=O)cc2C(C)C)c1. The number of aldehydes is 1. The fraction of sp³-hybridized carbons (Fsp3) is 0.316. The molecule has 2 heteroatoms. The summed E-state index contributed by atoms with van der Waals surface area (Å²) in [7, 11) is 0. The van der Waals surface area contributed by atoms with Crippen LogP contribution in [0.4, 0.5) is 0 Å². The molecule has 2 nitrogen and oxygen atoms in total. The summed E-state index contributed by atoms with van der Waals surface area (Å²) >= 11 is 0. The Hall–Kier alpha value is -2.09. The zero-order valence-corrected chi connectivity index (χ0v) is 13.1. The third-order valence-corrected chi connectivity index (χ3v) is 3.54. The van der Waals surface area contributed by atoms with Gasteiger partial charge in [0.05, 0.1) is 0 Å². The Bertz CT molecular complexity index is 627. The van der Waals surface area contributed by atoms with E-state index in [0.29, 0.717) is 17.4 Å². The molecule has 0 atom stereocenters. The van der Waals surface area contributed by atoms with Gasteiger partial charge < -0.3 is 4.74 Å². The first-order chi connectivity index (χ1) is 10.0. The number of benzene rings is 2. The molecule has 0 N–H and O–H groups in total. The lowest BCUT2D eigenvalue weighted by Gasteiger charge is -2.15. The van der Waals surface area contributed by atoms with Gasteiger partial charge in [0, 0.05) is 5.56 Å². The Kier molecular flexibility index (Phi) is 4.79. The Morgan fingerprint density at radius 2 is 1.71 bits per heavy atom. The second-order valence-electron chi connectivity index (χ2n) is 5.90. The molecule has 0 unspecified atom stereocenters. The summed E-state index contributed by atoms with van der Waals surface area (Å²) in [6.07, 6.45) is 0.870.